The van der Waals surface area contributed by atoms with Crippen molar-refractivity contribution >= 4 is 158 Å². The zero-order valence-electron chi connectivity index (χ0n) is 52.2. The van der Waals surface area contributed by atoms with Gasteiger partial charge >= 0.3 is 29.8 Å². The fraction of sp³-hybridized carbons (Fsp3) is 0.403. The van der Waals surface area contributed by atoms with Gasteiger partial charge in [-0.05, 0) is 121 Å². The number of nitrogens with one attached hydrogen (secondary N) is 3. The summed E-state index contributed by atoms with van der Waals surface area (Å²) in [5.41, 5.74) is 1.31. The number of aliphatic hydroxyl groups excluding tert-OH is 1. The van der Waals surface area contributed by atoms with Crippen molar-refractivity contribution in [3.63, 3.8) is 0 Å². The number of amides is 2. The van der Waals surface area contributed by atoms with Gasteiger partial charge in [0.25, 0.3) is 0 Å². The minimum absolute atomic E-state index is 0. The molecule has 5 N–H and O–H groups in total. The van der Waals surface area contributed by atoms with Gasteiger partial charge in [-0.1, -0.05) is 190 Å². The normalized spacial score (nSPS) is 16.6. The molecule has 0 aromatic heterocycles. The van der Waals surface area contributed by atoms with Crippen LogP contribution in [0.4, 0.5) is 0 Å². The molecule has 3 fully saturated rings. The molecule has 18 nitrogen and oxygen atoms in total. The van der Waals surface area contributed by atoms with Gasteiger partial charge in [0.2, 0.25) is 11.8 Å². The Hall–Kier alpha value is -6.33. The van der Waals surface area contributed by atoms with Crippen molar-refractivity contribution in [2.75, 3.05) is 61.2 Å². The summed E-state index contributed by atoms with van der Waals surface area (Å²) in [5.74, 6) is -2.91. The number of carbonyl (C=O) groups is 7. The number of hydrogen-bond acceptors (Lipinski definition) is 15. The Bertz CT molecular complexity index is 3530. The number of carbonyl (C=O) groups excluding carboxylic acids is 6. The molecule has 3 aliphatic heterocycles. The van der Waals surface area contributed by atoms with E-state index in [0.29, 0.717) is 96.0 Å². The first-order valence-electron chi connectivity index (χ1n) is 28.5. The lowest BCUT2D eigenvalue weighted by atomic mass is 9.72. The summed E-state index contributed by atoms with van der Waals surface area (Å²) in [4.78, 5) is 78.5. The number of methoxy groups -OCH3 is 4. The molecule has 8 rings (SSSR count). The highest BCUT2D eigenvalue weighted by atomic mass is 35.5. The van der Waals surface area contributed by atoms with E-state index in [4.69, 9.17) is 131 Å². The number of aliphatic carboxylic acids is 1. The lowest BCUT2D eigenvalue weighted by Gasteiger charge is -2.37. The van der Waals surface area contributed by atoms with Crippen molar-refractivity contribution in [2.24, 2.45) is 0 Å². The molecular formula is C72H93Cl10N5O13. The van der Waals surface area contributed by atoms with Gasteiger partial charge in [-0.15, -0.1) is 13.2 Å². The summed E-state index contributed by atoms with van der Waals surface area (Å²) < 4.78 is 18.1. The number of halogens is 10. The molecule has 3 unspecified atom stereocenters. The third kappa shape index (κ3) is 31.1. The van der Waals surface area contributed by atoms with Crippen LogP contribution >= 0.6 is 116 Å². The van der Waals surface area contributed by atoms with Crippen LogP contribution in [0.1, 0.15) is 131 Å². The van der Waals surface area contributed by atoms with Crippen LogP contribution in [0.25, 0.3) is 0 Å². The maximum atomic E-state index is 11.7. The van der Waals surface area contributed by atoms with E-state index in [2.05, 4.69) is 49.9 Å². The largest absolute Gasteiger partial charge is 0.481 e. The van der Waals surface area contributed by atoms with E-state index in [-0.39, 0.29) is 99.1 Å². The predicted molar refractivity (Wildman–Crippen MR) is 409 cm³/mol. The molecule has 0 aliphatic carbocycles. The van der Waals surface area contributed by atoms with Gasteiger partial charge in [-0.2, -0.15) is 10.5 Å². The molecule has 28 heteroatoms. The lowest BCUT2D eigenvalue weighted by molar-refractivity contribution is -0.145. The highest BCUT2D eigenvalue weighted by Gasteiger charge is 2.42. The number of nitrogens with zero attached hydrogens (tertiary/aromatic N) is 2. The zero-order chi connectivity index (χ0) is 71.7. The second kappa shape index (κ2) is 50.1. The number of aliphatic hydroxyl groups is 1. The first-order valence-corrected chi connectivity index (χ1v) is 32.3. The fourth-order valence-corrected chi connectivity index (χ4v) is 11.3. The fourth-order valence-electron chi connectivity index (χ4n) is 9.82. The standard InChI is InChI=1S/C14H13Cl2NO4.C14H15Cl2NO3.C13H13Cl2NO3.C12H15Cl2NO.C8H5Cl2N.C4H6O2.C2H4.5CH4.H2/c1-20-12(18)6-14(8-17,7-13(19)21-2)9-3-4-10(15)11(16)5-9;1-20-13(19)7-14(5-4-12(18)17-8-14)9-2-3-10(15)11(16)6-9;14-9-2-1-8(5-10(9)15)13(6-12(18)19)4-3-11(17)16-7-13;13-10-3-2-9(6-11(10)14)12(8-16)4-1-5-15-7-12;9-7-2-1-6(3-4-11)5-8(7)10;1-3-4(5)6-2;1-2;;;;;;/h3-5H,6-7H2,1-2H3;2-3,6H,4-5,7-8H2,1H3,(H,17,18);1-2,5H,3-4,6-7H2,(H,16,17)(H,18,19);2-3,6,15-16H,1,4-5,7-8H2;1-2,5H,3H2;3H,1H2,2H3;1-2H2;5*1H4;1H. The maximum absolute atomic E-state index is 11.7. The zero-order valence-corrected chi connectivity index (χ0v) is 59.8. The minimum atomic E-state index is -1.42. The predicted octanol–water partition coefficient (Wildman–Crippen LogP) is 18.4. The molecule has 0 bridgehead atoms. The van der Waals surface area contributed by atoms with Crippen LogP contribution in [0.15, 0.2) is 117 Å². The molecule has 5 aromatic carbocycles. The number of benzene rings is 5. The van der Waals surface area contributed by atoms with Crippen LogP contribution < -0.4 is 16.0 Å². The number of carboxylic acid groups (broad SMARTS) is 1. The van der Waals surface area contributed by atoms with Gasteiger partial charge in [-0.3, -0.25) is 28.8 Å². The smallest absolute Gasteiger partial charge is 0.329 e. The number of hydrogen-bond donors (Lipinski definition) is 5. The van der Waals surface area contributed by atoms with Crippen molar-refractivity contribution in [1.82, 2.24) is 16.0 Å². The summed E-state index contributed by atoms with van der Waals surface area (Å²) in [5, 5.41) is 49.9. The highest BCUT2D eigenvalue weighted by molar-refractivity contribution is 6.44. The number of esters is 4. The first-order chi connectivity index (χ1) is 45.0. The lowest BCUT2D eigenvalue weighted by Crippen LogP contribution is -2.47. The van der Waals surface area contributed by atoms with E-state index in [0.717, 1.165) is 54.3 Å². The molecule has 0 radical (unpaired) electrons. The van der Waals surface area contributed by atoms with E-state index in [9.17, 15) is 43.9 Å². The third-order valence-electron chi connectivity index (χ3n) is 15.1. The first kappa shape index (κ1) is 100. The van der Waals surface area contributed by atoms with Gasteiger partial charge in [-0.25, -0.2) is 4.79 Å². The molecule has 3 heterocycles. The third-order valence-corrected chi connectivity index (χ3v) is 18.8. The Morgan fingerprint density at radius 2 is 0.940 bits per heavy atom. The Balaban J connectivity index is -0.000000368. The Morgan fingerprint density at radius 3 is 1.24 bits per heavy atom. The van der Waals surface area contributed by atoms with Gasteiger partial charge < -0.3 is 45.1 Å². The van der Waals surface area contributed by atoms with Gasteiger partial charge in [0.15, 0.2) is 0 Å². The summed E-state index contributed by atoms with van der Waals surface area (Å²) in [6.07, 6.45) is 4.83. The van der Waals surface area contributed by atoms with Crippen LogP contribution in [0.5, 0.6) is 0 Å². The van der Waals surface area contributed by atoms with Crippen molar-refractivity contribution in [2.45, 2.75) is 129 Å². The van der Waals surface area contributed by atoms with Gasteiger partial charge in [0.1, 0.15) is 5.41 Å². The second-order valence-electron chi connectivity index (χ2n) is 21.2. The molecule has 100 heavy (non-hydrogen) atoms. The second-order valence-corrected chi connectivity index (χ2v) is 25.3. The Morgan fingerprint density at radius 1 is 0.550 bits per heavy atom. The number of rotatable bonds is 15. The Labute approximate surface area is 641 Å². The summed E-state index contributed by atoms with van der Waals surface area (Å²) >= 11 is 58.9. The van der Waals surface area contributed by atoms with E-state index in [1.165, 1.54) is 40.6 Å². The molecule has 554 valence electrons. The molecule has 3 aliphatic rings. The number of nitriles is 2. The van der Waals surface area contributed by atoms with E-state index in [1.54, 1.807) is 60.7 Å². The topological polar surface area (TPSA) is 281 Å². The van der Waals surface area contributed by atoms with Crippen LogP contribution in [0.2, 0.25) is 50.2 Å². The van der Waals surface area contributed by atoms with Crippen LogP contribution in [0.3, 0.4) is 0 Å². The monoisotopic (exact) mass is 1590 g/mol. The van der Waals surface area contributed by atoms with E-state index in [1.807, 2.05) is 30.3 Å². The van der Waals surface area contributed by atoms with Crippen molar-refractivity contribution in [3.8, 4) is 12.1 Å². The minimum Gasteiger partial charge on any atom is -0.481 e. The molecule has 5 aromatic rings. The van der Waals surface area contributed by atoms with E-state index >= 15 is 0 Å². The highest BCUT2D eigenvalue weighted by Crippen LogP contribution is 2.41. The maximum Gasteiger partial charge on any atom is 0.329 e. The molecule has 3 saturated heterocycles. The molecule has 3 atom stereocenters. The van der Waals surface area contributed by atoms with Crippen LogP contribution in [-0.2, 0) is 80.6 Å². The van der Waals surface area contributed by atoms with Gasteiger partial charge in [0, 0.05) is 56.2 Å². The van der Waals surface area contributed by atoms with Gasteiger partial charge in [0.05, 0.1) is 130 Å². The quantitative estimate of drug-likeness (QED) is 0.0282. The van der Waals surface area contributed by atoms with Crippen LogP contribution in [-0.4, -0.2) is 113 Å². The van der Waals surface area contributed by atoms with Crippen molar-refractivity contribution in [3.05, 3.63) is 195 Å². The van der Waals surface area contributed by atoms with Crippen LogP contribution in [0, 0.1) is 22.7 Å². The number of carboxylic acids is 1. The molecule has 2 amide bonds. The molecule has 0 spiro atoms. The SMILES string of the molecule is C.C.C.C.C.C=C.C=CC(=O)OC.COC(=O)CC(C#N)(CC(=O)OC)c1ccc(Cl)c(Cl)c1.COC(=O)CC1(c2ccc(Cl)c(Cl)c2)CCC(=O)NC1.N#CCc1ccc(Cl)c(Cl)c1.O=C(O)CC1(c2ccc(Cl)c(Cl)c2)CCC(=O)NC1.OCC1(c2ccc(Cl)c(Cl)c2)CCCNC1.[HH]. The summed E-state index contributed by atoms with van der Waals surface area (Å²) in [6.45, 7) is 11.8. The average Bonchev–Trinajstić information content (AvgIpc) is 0.808. The summed E-state index contributed by atoms with van der Waals surface area (Å²) in [7, 11) is 5.07. The summed E-state index contributed by atoms with van der Waals surface area (Å²) in [6, 6.07) is 29.7. The van der Waals surface area contributed by atoms with Crippen molar-refractivity contribution < 1.29 is 64.1 Å². The average molecular weight is 1590 g/mol. The Kier molecular flexibility index (Phi) is 50.1. The van der Waals surface area contributed by atoms with Crippen molar-refractivity contribution in [1.29, 1.82) is 10.5 Å². The van der Waals surface area contributed by atoms with E-state index < -0.39 is 40.1 Å². The molecular weight excluding hydrogens is 1500 g/mol. The number of piperidine rings is 3. The number of ether oxygens (including phenoxy) is 4. The molecule has 0 saturated carbocycles.